The zero-order chi connectivity index (χ0) is 26.8. The van der Waals surface area contributed by atoms with E-state index in [1.807, 2.05) is 0 Å². The molecular formula is C26H25F3N4O4. The third-order valence-corrected chi connectivity index (χ3v) is 5.55. The van der Waals surface area contributed by atoms with E-state index in [4.69, 9.17) is 0 Å². The number of esters is 1. The van der Waals surface area contributed by atoms with E-state index < -0.39 is 36.5 Å². The number of hydrogen-bond acceptors (Lipinski definition) is 7. The Hall–Kier alpha value is -4.12. The van der Waals surface area contributed by atoms with Crippen molar-refractivity contribution in [2.75, 3.05) is 20.2 Å². The standard InChI is InChI=1S/C26H25F3N4O4/c1-37-24(35)21-4-2-20(3-5-21)22(32-16-10-18-6-12-30-13-7-18)23(34)33(25(36)26(27,28)29)17-11-19-8-14-31-15-9-19/h2-9,12-15,22,32H,10-11,16-17H2,1H3. The van der Waals surface area contributed by atoms with Gasteiger partial charge in [0, 0.05) is 37.9 Å². The molecule has 0 bridgehead atoms. The number of ether oxygens (including phenoxy) is 1. The molecule has 194 valence electrons. The van der Waals surface area contributed by atoms with Gasteiger partial charge in [0.05, 0.1) is 12.7 Å². The average molecular weight is 515 g/mol. The number of hydrogen-bond donors (Lipinski definition) is 1. The van der Waals surface area contributed by atoms with Gasteiger partial charge in [0.2, 0.25) is 0 Å². The van der Waals surface area contributed by atoms with Crippen molar-refractivity contribution in [2.24, 2.45) is 0 Å². The summed E-state index contributed by atoms with van der Waals surface area (Å²) in [7, 11) is 1.21. The Morgan fingerprint density at radius 1 is 0.892 bits per heavy atom. The molecule has 0 spiro atoms. The Morgan fingerprint density at radius 3 is 1.95 bits per heavy atom. The Morgan fingerprint density at radius 2 is 1.43 bits per heavy atom. The normalized spacial score (nSPS) is 12.0. The van der Waals surface area contributed by atoms with Crippen molar-refractivity contribution in [1.29, 1.82) is 0 Å². The number of rotatable bonds is 10. The maximum absolute atomic E-state index is 13.5. The van der Waals surface area contributed by atoms with Crippen LogP contribution in [0.1, 0.15) is 33.1 Å². The van der Waals surface area contributed by atoms with E-state index >= 15 is 0 Å². The quantitative estimate of drug-likeness (QED) is 0.415. The van der Waals surface area contributed by atoms with Crippen LogP contribution in [0, 0.1) is 0 Å². The minimum absolute atomic E-state index is 0.0150. The molecule has 3 rings (SSSR count). The Labute approximate surface area is 211 Å². The number of carbonyl (C=O) groups is 3. The number of imide groups is 1. The van der Waals surface area contributed by atoms with Crippen LogP contribution in [0.5, 0.6) is 0 Å². The maximum atomic E-state index is 13.5. The lowest BCUT2D eigenvalue weighted by Crippen LogP contribution is -2.50. The average Bonchev–Trinajstić information content (AvgIpc) is 2.91. The van der Waals surface area contributed by atoms with Crippen LogP contribution in [0.3, 0.4) is 0 Å². The molecule has 0 saturated heterocycles. The molecule has 0 saturated carbocycles. The number of pyridine rings is 2. The highest BCUT2D eigenvalue weighted by atomic mass is 19.4. The molecule has 1 N–H and O–H groups in total. The van der Waals surface area contributed by atoms with Crippen LogP contribution in [0.4, 0.5) is 13.2 Å². The zero-order valence-electron chi connectivity index (χ0n) is 19.9. The summed E-state index contributed by atoms with van der Waals surface area (Å²) < 4.78 is 45.1. The predicted octanol–water partition coefficient (Wildman–Crippen LogP) is 3.30. The van der Waals surface area contributed by atoms with Crippen LogP contribution in [-0.4, -0.2) is 59.0 Å². The number of nitrogens with one attached hydrogen (secondary N) is 1. The third-order valence-electron chi connectivity index (χ3n) is 5.55. The Bertz CT molecular complexity index is 1190. The molecule has 3 aromatic rings. The molecule has 0 fully saturated rings. The molecular weight excluding hydrogens is 489 g/mol. The van der Waals surface area contributed by atoms with Crippen LogP contribution in [-0.2, 0) is 27.2 Å². The first kappa shape index (κ1) is 27.5. The smallest absolute Gasteiger partial charge is 0.465 e. The van der Waals surface area contributed by atoms with Gasteiger partial charge < -0.3 is 10.1 Å². The van der Waals surface area contributed by atoms with Gasteiger partial charge in [-0.15, -0.1) is 0 Å². The number of nitrogens with zero attached hydrogens (tertiary/aromatic N) is 3. The maximum Gasteiger partial charge on any atom is 0.471 e. The van der Waals surface area contributed by atoms with Gasteiger partial charge in [0.25, 0.3) is 5.91 Å². The van der Waals surface area contributed by atoms with E-state index in [2.05, 4.69) is 20.0 Å². The zero-order valence-corrected chi connectivity index (χ0v) is 19.9. The third kappa shape index (κ3) is 7.68. The molecule has 1 unspecified atom stereocenters. The number of benzene rings is 1. The van der Waals surface area contributed by atoms with E-state index in [0.29, 0.717) is 12.0 Å². The monoisotopic (exact) mass is 514 g/mol. The van der Waals surface area contributed by atoms with Gasteiger partial charge >= 0.3 is 18.1 Å². The summed E-state index contributed by atoms with van der Waals surface area (Å²) in [5.41, 5.74) is 2.01. The highest BCUT2D eigenvalue weighted by molar-refractivity contribution is 6.00. The number of carbonyl (C=O) groups excluding carboxylic acids is 3. The number of aromatic nitrogens is 2. The van der Waals surface area contributed by atoms with E-state index in [-0.39, 0.29) is 29.0 Å². The highest BCUT2D eigenvalue weighted by Gasteiger charge is 2.46. The van der Waals surface area contributed by atoms with Gasteiger partial charge in [0.15, 0.2) is 0 Å². The van der Waals surface area contributed by atoms with Gasteiger partial charge in [-0.3, -0.25) is 24.5 Å². The topological polar surface area (TPSA) is 101 Å². The Balaban J connectivity index is 1.89. The summed E-state index contributed by atoms with van der Waals surface area (Å²) in [6.45, 7) is -0.262. The molecule has 37 heavy (non-hydrogen) atoms. The molecule has 0 aliphatic rings. The first-order valence-electron chi connectivity index (χ1n) is 11.3. The van der Waals surface area contributed by atoms with Crippen LogP contribution in [0.15, 0.2) is 73.3 Å². The number of halogens is 3. The van der Waals surface area contributed by atoms with Gasteiger partial charge in [-0.2, -0.15) is 13.2 Å². The van der Waals surface area contributed by atoms with Crippen molar-refractivity contribution in [3.05, 3.63) is 95.6 Å². The lowest BCUT2D eigenvalue weighted by Gasteiger charge is -2.27. The fourth-order valence-electron chi connectivity index (χ4n) is 3.60. The van der Waals surface area contributed by atoms with E-state index in [1.54, 1.807) is 36.7 Å². The first-order chi connectivity index (χ1) is 17.7. The van der Waals surface area contributed by atoms with Crippen molar-refractivity contribution >= 4 is 17.8 Å². The molecule has 1 aromatic carbocycles. The van der Waals surface area contributed by atoms with E-state index in [0.717, 1.165) is 5.56 Å². The van der Waals surface area contributed by atoms with Crippen LogP contribution in [0.2, 0.25) is 0 Å². The molecule has 11 heteroatoms. The molecule has 0 aliphatic heterocycles. The minimum Gasteiger partial charge on any atom is -0.465 e. The van der Waals surface area contributed by atoms with E-state index in [9.17, 15) is 27.6 Å². The van der Waals surface area contributed by atoms with Gasteiger partial charge in [-0.05, 0) is 65.9 Å². The summed E-state index contributed by atoms with van der Waals surface area (Å²) in [6, 6.07) is 11.1. The second-order valence-corrected chi connectivity index (χ2v) is 8.00. The largest absolute Gasteiger partial charge is 0.471 e. The molecule has 0 aliphatic carbocycles. The number of methoxy groups -OCH3 is 1. The fourth-order valence-corrected chi connectivity index (χ4v) is 3.60. The molecule has 2 heterocycles. The summed E-state index contributed by atoms with van der Waals surface area (Å²) in [4.78, 5) is 45.6. The van der Waals surface area contributed by atoms with Crippen molar-refractivity contribution in [3.8, 4) is 0 Å². The molecule has 1 atom stereocenters. The van der Waals surface area contributed by atoms with Crippen molar-refractivity contribution < 1.29 is 32.3 Å². The van der Waals surface area contributed by atoms with Crippen molar-refractivity contribution in [2.45, 2.75) is 25.1 Å². The molecule has 0 radical (unpaired) electrons. The SMILES string of the molecule is COC(=O)c1ccc(C(NCCc2ccncc2)C(=O)N(CCc2ccncc2)C(=O)C(F)(F)F)cc1. The lowest BCUT2D eigenvalue weighted by atomic mass is 10.0. The van der Waals surface area contributed by atoms with Crippen molar-refractivity contribution in [1.82, 2.24) is 20.2 Å². The molecule has 2 aromatic heterocycles. The van der Waals surface area contributed by atoms with Gasteiger partial charge in [-0.1, -0.05) is 12.1 Å². The first-order valence-corrected chi connectivity index (χ1v) is 11.3. The predicted molar refractivity (Wildman–Crippen MR) is 127 cm³/mol. The van der Waals surface area contributed by atoms with Gasteiger partial charge in [-0.25, -0.2) is 4.79 Å². The van der Waals surface area contributed by atoms with Crippen LogP contribution >= 0.6 is 0 Å². The van der Waals surface area contributed by atoms with Crippen molar-refractivity contribution in [3.63, 3.8) is 0 Å². The highest BCUT2D eigenvalue weighted by Crippen LogP contribution is 2.24. The summed E-state index contributed by atoms with van der Waals surface area (Å²) in [5, 5.41) is 2.97. The number of alkyl halides is 3. The lowest BCUT2D eigenvalue weighted by molar-refractivity contribution is -0.188. The van der Waals surface area contributed by atoms with Crippen LogP contribution in [0.25, 0.3) is 0 Å². The second kappa shape index (κ2) is 12.7. The second-order valence-electron chi connectivity index (χ2n) is 8.00. The van der Waals surface area contributed by atoms with E-state index in [1.165, 1.54) is 43.8 Å². The fraction of sp³-hybridized carbons (Fsp3) is 0.269. The van der Waals surface area contributed by atoms with Crippen LogP contribution < -0.4 is 5.32 Å². The summed E-state index contributed by atoms with van der Waals surface area (Å²) in [5.74, 6) is -3.91. The molecule has 2 amide bonds. The summed E-state index contributed by atoms with van der Waals surface area (Å²) in [6.07, 6.45) is 1.37. The van der Waals surface area contributed by atoms with Gasteiger partial charge in [0.1, 0.15) is 6.04 Å². The Kier molecular flexibility index (Phi) is 9.45. The minimum atomic E-state index is -5.25. The summed E-state index contributed by atoms with van der Waals surface area (Å²) >= 11 is 0. The number of amides is 2. The molecule has 8 nitrogen and oxygen atoms in total.